The Hall–Kier alpha value is -3.16. The lowest BCUT2D eigenvalue weighted by molar-refractivity contribution is -0.119. The number of carbonyl (C=O) groups excluding carboxylic acids is 2. The summed E-state index contributed by atoms with van der Waals surface area (Å²) in [4.78, 5) is 32.3. The number of rotatable bonds is 5. The van der Waals surface area contributed by atoms with E-state index >= 15 is 0 Å². The molecule has 1 aliphatic rings. The Morgan fingerprint density at radius 3 is 3.04 bits per heavy atom. The largest absolute Gasteiger partial charge is 0.474 e. The molecule has 3 N–H and O–H groups in total. The van der Waals surface area contributed by atoms with Crippen molar-refractivity contribution in [2.75, 3.05) is 6.61 Å². The van der Waals surface area contributed by atoms with Gasteiger partial charge in [0.05, 0.1) is 17.3 Å². The van der Waals surface area contributed by atoms with Crippen molar-refractivity contribution in [2.24, 2.45) is 11.7 Å². The molecule has 0 saturated carbocycles. The van der Waals surface area contributed by atoms with E-state index in [0.717, 1.165) is 23.0 Å². The van der Waals surface area contributed by atoms with Crippen LogP contribution in [-0.2, 0) is 4.79 Å². The number of amides is 2. The highest BCUT2D eigenvalue weighted by Crippen LogP contribution is 2.28. The minimum Gasteiger partial charge on any atom is -0.474 e. The number of nitrogens with two attached hydrogens (primary N) is 1. The van der Waals surface area contributed by atoms with Crippen LogP contribution >= 0.6 is 0 Å². The van der Waals surface area contributed by atoms with Crippen LogP contribution in [0.15, 0.2) is 24.5 Å². The van der Waals surface area contributed by atoms with Gasteiger partial charge < -0.3 is 15.8 Å². The van der Waals surface area contributed by atoms with Gasteiger partial charge in [-0.05, 0) is 25.0 Å². The molecule has 140 valence electrons. The SMILES string of the molecule is CC[C@H]1CC(=O)N[C@@H]1COc1nccc2cc(C(N)=O)c3nc(C)cn3c12. The molecule has 8 heteroatoms. The molecule has 0 aliphatic carbocycles. The van der Waals surface area contributed by atoms with Crippen LogP contribution < -0.4 is 15.8 Å². The Bertz CT molecular complexity index is 1060. The second-order valence-corrected chi connectivity index (χ2v) is 6.91. The number of nitrogens with zero attached hydrogens (tertiary/aromatic N) is 3. The summed E-state index contributed by atoms with van der Waals surface area (Å²) in [5.74, 6) is 0.206. The summed E-state index contributed by atoms with van der Waals surface area (Å²) in [6.45, 7) is 4.25. The lowest BCUT2D eigenvalue weighted by Crippen LogP contribution is -2.34. The molecular formula is C19H21N5O3. The van der Waals surface area contributed by atoms with E-state index in [1.54, 1.807) is 22.7 Å². The molecule has 3 aromatic heterocycles. The molecule has 1 fully saturated rings. The molecule has 0 aromatic carbocycles. The van der Waals surface area contributed by atoms with Crippen molar-refractivity contribution in [3.63, 3.8) is 0 Å². The van der Waals surface area contributed by atoms with E-state index in [1.807, 2.05) is 13.1 Å². The van der Waals surface area contributed by atoms with E-state index < -0.39 is 5.91 Å². The summed E-state index contributed by atoms with van der Waals surface area (Å²) in [6, 6.07) is 3.47. The first-order chi connectivity index (χ1) is 13.0. The summed E-state index contributed by atoms with van der Waals surface area (Å²) in [5.41, 5.74) is 7.83. The number of carbonyl (C=O) groups is 2. The number of primary amides is 1. The van der Waals surface area contributed by atoms with Crippen molar-refractivity contribution in [2.45, 2.75) is 32.7 Å². The molecule has 4 heterocycles. The molecule has 0 unspecified atom stereocenters. The van der Waals surface area contributed by atoms with Gasteiger partial charge in [0.2, 0.25) is 11.8 Å². The Morgan fingerprint density at radius 2 is 2.30 bits per heavy atom. The molecule has 2 amide bonds. The smallest absolute Gasteiger partial charge is 0.252 e. The Kier molecular flexibility index (Phi) is 4.18. The summed E-state index contributed by atoms with van der Waals surface area (Å²) < 4.78 is 7.80. The van der Waals surface area contributed by atoms with Crippen LogP contribution in [0.5, 0.6) is 5.88 Å². The maximum absolute atomic E-state index is 11.8. The number of imidazole rings is 1. The maximum atomic E-state index is 11.8. The highest BCUT2D eigenvalue weighted by atomic mass is 16.5. The van der Waals surface area contributed by atoms with Crippen LogP contribution in [0.4, 0.5) is 0 Å². The van der Waals surface area contributed by atoms with E-state index in [0.29, 0.717) is 30.1 Å². The molecule has 2 atom stereocenters. The van der Waals surface area contributed by atoms with Crippen LogP contribution in [0, 0.1) is 12.8 Å². The van der Waals surface area contributed by atoms with Gasteiger partial charge in [0.1, 0.15) is 12.1 Å². The topological polar surface area (TPSA) is 112 Å². The molecule has 0 radical (unpaired) electrons. The lowest BCUT2D eigenvalue weighted by Gasteiger charge is -2.18. The molecule has 8 nitrogen and oxygen atoms in total. The van der Waals surface area contributed by atoms with E-state index in [9.17, 15) is 9.59 Å². The Morgan fingerprint density at radius 1 is 1.48 bits per heavy atom. The minimum atomic E-state index is -0.536. The van der Waals surface area contributed by atoms with Crippen molar-refractivity contribution in [1.29, 1.82) is 0 Å². The zero-order chi connectivity index (χ0) is 19.1. The average Bonchev–Trinajstić information content (AvgIpc) is 3.20. The number of pyridine rings is 2. The third kappa shape index (κ3) is 2.97. The van der Waals surface area contributed by atoms with Gasteiger partial charge >= 0.3 is 0 Å². The van der Waals surface area contributed by atoms with Crippen LogP contribution in [0.3, 0.4) is 0 Å². The lowest BCUT2D eigenvalue weighted by atomic mass is 9.98. The molecule has 3 aromatic rings. The predicted octanol–water partition coefficient (Wildman–Crippen LogP) is 1.58. The first-order valence-electron chi connectivity index (χ1n) is 8.97. The molecule has 0 spiro atoms. The van der Waals surface area contributed by atoms with Crippen LogP contribution in [0.25, 0.3) is 16.6 Å². The van der Waals surface area contributed by atoms with Crippen molar-refractivity contribution in [3.8, 4) is 5.88 Å². The molecule has 1 aliphatic heterocycles. The molecule has 0 bridgehead atoms. The number of nitrogens with one attached hydrogen (secondary N) is 1. The fourth-order valence-electron chi connectivity index (χ4n) is 3.71. The van der Waals surface area contributed by atoms with Gasteiger partial charge in [-0.1, -0.05) is 13.3 Å². The highest BCUT2D eigenvalue weighted by Gasteiger charge is 2.31. The Balaban J connectivity index is 1.77. The van der Waals surface area contributed by atoms with Crippen molar-refractivity contribution in [1.82, 2.24) is 19.7 Å². The average molecular weight is 367 g/mol. The van der Waals surface area contributed by atoms with E-state index in [-0.39, 0.29) is 17.9 Å². The van der Waals surface area contributed by atoms with Crippen molar-refractivity contribution < 1.29 is 14.3 Å². The van der Waals surface area contributed by atoms with Gasteiger partial charge in [-0.15, -0.1) is 0 Å². The monoisotopic (exact) mass is 367 g/mol. The molecule has 4 rings (SSSR count). The van der Waals surface area contributed by atoms with Gasteiger partial charge in [-0.2, -0.15) is 0 Å². The standard InChI is InChI=1S/C19H21N5O3/c1-3-11-7-15(25)23-14(11)9-27-19-16-12(4-5-21-19)6-13(17(20)26)18-22-10(2)8-24(16)18/h4-6,8,11,14H,3,7,9H2,1-2H3,(H2,20,26)(H,23,25)/t11-,14+/m0/s1. The second kappa shape index (κ2) is 6.53. The van der Waals surface area contributed by atoms with Gasteiger partial charge in [-0.3, -0.25) is 14.0 Å². The van der Waals surface area contributed by atoms with Gasteiger partial charge in [0.15, 0.2) is 5.65 Å². The fraction of sp³-hybridized carbons (Fsp3) is 0.368. The zero-order valence-electron chi connectivity index (χ0n) is 15.2. The zero-order valence-corrected chi connectivity index (χ0v) is 15.2. The third-order valence-electron chi connectivity index (χ3n) is 5.08. The van der Waals surface area contributed by atoms with E-state index in [2.05, 4.69) is 22.2 Å². The van der Waals surface area contributed by atoms with Gasteiger partial charge in [0, 0.05) is 24.2 Å². The maximum Gasteiger partial charge on any atom is 0.252 e. The van der Waals surface area contributed by atoms with Gasteiger partial charge in [-0.25, -0.2) is 9.97 Å². The second-order valence-electron chi connectivity index (χ2n) is 6.91. The summed E-state index contributed by atoms with van der Waals surface area (Å²) in [7, 11) is 0. The predicted molar refractivity (Wildman–Crippen MR) is 99.6 cm³/mol. The summed E-state index contributed by atoms with van der Waals surface area (Å²) >= 11 is 0. The van der Waals surface area contributed by atoms with Crippen molar-refractivity contribution >= 4 is 28.4 Å². The van der Waals surface area contributed by atoms with Crippen LogP contribution in [0.1, 0.15) is 35.8 Å². The van der Waals surface area contributed by atoms with Gasteiger partial charge in [0.25, 0.3) is 5.91 Å². The number of aryl methyl sites for hydroxylation is 1. The first-order valence-corrected chi connectivity index (χ1v) is 8.97. The number of ether oxygens (including phenoxy) is 1. The quantitative estimate of drug-likeness (QED) is 0.711. The minimum absolute atomic E-state index is 0.0375. The molecule has 27 heavy (non-hydrogen) atoms. The van der Waals surface area contributed by atoms with Crippen molar-refractivity contribution in [3.05, 3.63) is 35.8 Å². The summed E-state index contributed by atoms with van der Waals surface area (Å²) in [5, 5.41) is 3.75. The fourth-order valence-corrected chi connectivity index (χ4v) is 3.71. The number of fused-ring (bicyclic) bond motifs is 3. The van der Waals surface area contributed by atoms with Crippen LogP contribution in [0.2, 0.25) is 0 Å². The number of aromatic nitrogens is 3. The third-order valence-corrected chi connectivity index (χ3v) is 5.08. The van der Waals surface area contributed by atoms with Crippen LogP contribution in [-0.4, -0.2) is 38.8 Å². The first kappa shape index (κ1) is 17.3. The number of hydrogen-bond donors (Lipinski definition) is 2. The normalized spacial score (nSPS) is 19.6. The Labute approximate surface area is 155 Å². The number of hydrogen-bond acceptors (Lipinski definition) is 5. The van der Waals surface area contributed by atoms with E-state index in [1.165, 1.54) is 0 Å². The highest BCUT2D eigenvalue weighted by molar-refractivity contribution is 6.03. The van der Waals surface area contributed by atoms with E-state index in [4.69, 9.17) is 10.5 Å². The molecular weight excluding hydrogens is 346 g/mol. The summed E-state index contributed by atoms with van der Waals surface area (Å²) in [6.07, 6.45) is 4.89. The molecule has 1 saturated heterocycles.